The fraction of sp³-hybridized carbons (Fsp3) is 0.500. The molecule has 0 unspecified atom stereocenters. The summed E-state index contributed by atoms with van der Waals surface area (Å²) in [6.07, 6.45) is 5.00. The summed E-state index contributed by atoms with van der Waals surface area (Å²) < 4.78 is 10.5. The van der Waals surface area contributed by atoms with Gasteiger partial charge in [0.05, 0.1) is 6.10 Å². The third-order valence-corrected chi connectivity index (χ3v) is 2.28. The first kappa shape index (κ1) is 9.43. The van der Waals surface area contributed by atoms with Crippen LogP contribution in [0.15, 0.2) is 24.3 Å². The molecule has 0 radical (unpaired) electrons. The highest BCUT2D eigenvalue weighted by atomic mass is 16.6. The van der Waals surface area contributed by atoms with E-state index in [1.54, 1.807) is 25.2 Å². The molecule has 2 heterocycles. The van der Waals surface area contributed by atoms with E-state index in [0.717, 1.165) is 0 Å². The van der Waals surface area contributed by atoms with E-state index >= 15 is 0 Å². The molecule has 4 nitrogen and oxygen atoms in total. The quantitative estimate of drug-likeness (QED) is 0.480. The second kappa shape index (κ2) is 3.55. The van der Waals surface area contributed by atoms with E-state index in [9.17, 15) is 9.90 Å². The Kier molecular flexibility index (Phi) is 2.39. The fourth-order valence-corrected chi connectivity index (χ4v) is 1.52. The van der Waals surface area contributed by atoms with Gasteiger partial charge in [0.25, 0.3) is 0 Å². The number of carbonyl (C=O) groups is 1. The number of fused-ring (bicyclic) bond motifs is 1. The van der Waals surface area contributed by atoms with Crippen LogP contribution in [0.3, 0.4) is 0 Å². The van der Waals surface area contributed by atoms with Gasteiger partial charge in [-0.1, -0.05) is 6.08 Å². The highest BCUT2D eigenvalue weighted by Gasteiger charge is 2.32. The maximum atomic E-state index is 10.9. The number of hydrogen-bond acceptors (Lipinski definition) is 4. The zero-order valence-corrected chi connectivity index (χ0v) is 7.79. The Morgan fingerprint density at radius 2 is 2.14 bits per heavy atom. The lowest BCUT2D eigenvalue weighted by atomic mass is 10.0. The molecule has 0 aliphatic carbocycles. The predicted molar refractivity (Wildman–Crippen MR) is 48.5 cm³/mol. The van der Waals surface area contributed by atoms with Gasteiger partial charge in [-0.15, -0.1) is 0 Å². The van der Waals surface area contributed by atoms with Crippen molar-refractivity contribution < 1.29 is 19.4 Å². The van der Waals surface area contributed by atoms with Crippen molar-refractivity contribution in [1.29, 1.82) is 0 Å². The Bertz CT molecular complexity index is 292. The molecule has 0 spiro atoms. The van der Waals surface area contributed by atoms with Crippen LogP contribution in [0.1, 0.15) is 6.92 Å². The minimum atomic E-state index is -0.557. The molecule has 0 aromatic rings. The summed E-state index contributed by atoms with van der Waals surface area (Å²) in [6.45, 7) is 1.66. The van der Waals surface area contributed by atoms with Gasteiger partial charge in [-0.25, -0.2) is 4.79 Å². The smallest absolute Gasteiger partial charge is 0.331 e. The average Bonchev–Trinajstić information content (AvgIpc) is 2.16. The van der Waals surface area contributed by atoms with Crippen LogP contribution in [0.2, 0.25) is 0 Å². The monoisotopic (exact) mass is 196 g/mol. The minimum Gasteiger partial charge on any atom is -0.452 e. The molecule has 76 valence electrons. The number of esters is 1. The largest absolute Gasteiger partial charge is 0.452 e. The Hall–Kier alpha value is -1.13. The summed E-state index contributed by atoms with van der Waals surface area (Å²) in [5.41, 5.74) is 0. The van der Waals surface area contributed by atoms with Crippen molar-refractivity contribution in [2.24, 2.45) is 0 Å². The topological polar surface area (TPSA) is 55.8 Å². The zero-order valence-electron chi connectivity index (χ0n) is 7.79. The van der Waals surface area contributed by atoms with E-state index in [1.807, 2.05) is 0 Å². The van der Waals surface area contributed by atoms with Gasteiger partial charge in [0.2, 0.25) is 0 Å². The molecule has 2 aliphatic heterocycles. The number of rotatable bonds is 1. The van der Waals surface area contributed by atoms with E-state index in [0.29, 0.717) is 0 Å². The van der Waals surface area contributed by atoms with Crippen molar-refractivity contribution in [2.75, 3.05) is 0 Å². The van der Waals surface area contributed by atoms with Crippen molar-refractivity contribution in [1.82, 2.24) is 0 Å². The minimum absolute atomic E-state index is 0.266. The van der Waals surface area contributed by atoms with Gasteiger partial charge in [-0.05, 0) is 19.1 Å². The molecule has 1 N–H and O–H groups in total. The van der Waals surface area contributed by atoms with Crippen LogP contribution in [-0.2, 0) is 14.3 Å². The van der Waals surface area contributed by atoms with Crippen molar-refractivity contribution >= 4 is 5.97 Å². The van der Waals surface area contributed by atoms with Crippen LogP contribution >= 0.6 is 0 Å². The second-order valence-corrected chi connectivity index (χ2v) is 3.45. The average molecular weight is 196 g/mol. The predicted octanol–water partition coefficient (Wildman–Crippen LogP) is 0.172. The fourth-order valence-electron chi connectivity index (χ4n) is 1.52. The van der Waals surface area contributed by atoms with E-state index in [2.05, 4.69) is 0 Å². The molecule has 4 atom stereocenters. The molecule has 2 rings (SSSR count). The van der Waals surface area contributed by atoms with Crippen LogP contribution in [0.25, 0.3) is 0 Å². The van der Waals surface area contributed by atoms with Gasteiger partial charge in [0.15, 0.2) is 6.10 Å². The standard InChI is InChI=1S/C10H12O4/c1-6(11)7-2-3-9-8(13-7)4-5-10(12)14-9/h2-9,11H,1H3/t6-,7+,8-,9-/m1/s1. The van der Waals surface area contributed by atoms with Crippen LogP contribution < -0.4 is 0 Å². The van der Waals surface area contributed by atoms with Crippen LogP contribution in [0.5, 0.6) is 0 Å². The summed E-state index contributed by atoms with van der Waals surface area (Å²) in [5, 5.41) is 9.31. The van der Waals surface area contributed by atoms with Gasteiger partial charge < -0.3 is 14.6 Å². The summed E-state index contributed by atoms with van der Waals surface area (Å²) in [4.78, 5) is 10.9. The molecule has 0 saturated heterocycles. The number of aliphatic hydroxyl groups is 1. The van der Waals surface area contributed by atoms with Crippen molar-refractivity contribution in [3.8, 4) is 0 Å². The Labute approximate surface area is 81.8 Å². The lowest BCUT2D eigenvalue weighted by Crippen LogP contribution is -2.42. The Balaban J connectivity index is 2.12. The van der Waals surface area contributed by atoms with E-state index in [4.69, 9.17) is 9.47 Å². The summed E-state index contributed by atoms with van der Waals surface area (Å²) in [6, 6.07) is 0. The van der Waals surface area contributed by atoms with E-state index in [-0.39, 0.29) is 24.3 Å². The molecule has 0 bridgehead atoms. The third kappa shape index (κ3) is 1.71. The normalized spacial score (nSPS) is 37.6. The second-order valence-electron chi connectivity index (χ2n) is 3.45. The zero-order chi connectivity index (χ0) is 10.1. The van der Waals surface area contributed by atoms with Crippen LogP contribution in [0.4, 0.5) is 0 Å². The number of aliphatic hydroxyl groups excluding tert-OH is 1. The molecule has 0 saturated carbocycles. The van der Waals surface area contributed by atoms with E-state index in [1.165, 1.54) is 6.08 Å². The first-order chi connectivity index (χ1) is 6.66. The molecule has 0 amide bonds. The lowest BCUT2D eigenvalue weighted by Gasteiger charge is -2.33. The highest BCUT2D eigenvalue weighted by Crippen LogP contribution is 2.21. The molecular weight excluding hydrogens is 184 g/mol. The van der Waals surface area contributed by atoms with Crippen LogP contribution in [0, 0.1) is 0 Å². The van der Waals surface area contributed by atoms with Gasteiger partial charge in [0.1, 0.15) is 12.2 Å². The summed E-state index contributed by atoms with van der Waals surface area (Å²) >= 11 is 0. The third-order valence-electron chi connectivity index (χ3n) is 2.28. The Morgan fingerprint density at radius 1 is 1.36 bits per heavy atom. The van der Waals surface area contributed by atoms with Gasteiger partial charge >= 0.3 is 5.97 Å². The summed E-state index contributed by atoms with van der Waals surface area (Å²) in [7, 11) is 0. The molecule has 4 heteroatoms. The number of ether oxygens (including phenoxy) is 2. The van der Waals surface area contributed by atoms with E-state index < -0.39 is 6.10 Å². The lowest BCUT2D eigenvalue weighted by molar-refractivity contribution is -0.153. The molecule has 0 fully saturated rings. The maximum Gasteiger partial charge on any atom is 0.331 e. The SMILES string of the molecule is C[C@@H](O)[C@@H]1C=C[C@H]2OC(=O)C=C[C@H]2O1. The maximum absolute atomic E-state index is 10.9. The molecule has 14 heavy (non-hydrogen) atoms. The molecule has 2 aliphatic rings. The van der Waals surface area contributed by atoms with Crippen LogP contribution in [-0.4, -0.2) is 35.5 Å². The first-order valence-corrected chi connectivity index (χ1v) is 4.57. The molecule has 0 aromatic carbocycles. The number of carbonyl (C=O) groups excluding carboxylic acids is 1. The highest BCUT2D eigenvalue weighted by molar-refractivity contribution is 5.83. The first-order valence-electron chi connectivity index (χ1n) is 4.57. The Morgan fingerprint density at radius 3 is 2.86 bits per heavy atom. The number of hydrogen-bond donors (Lipinski definition) is 1. The van der Waals surface area contributed by atoms with Crippen molar-refractivity contribution in [2.45, 2.75) is 31.3 Å². The van der Waals surface area contributed by atoms with Gasteiger partial charge in [-0.2, -0.15) is 0 Å². The molecule has 0 aromatic heterocycles. The van der Waals surface area contributed by atoms with Crippen molar-refractivity contribution in [3.05, 3.63) is 24.3 Å². The summed E-state index contributed by atoms with van der Waals surface area (Å²) in [5.74, 6) is -0.352. The molecular formula is C10H12O4. The van der Waals surface area contributed by atoms with Crippen molar-refractivity contribution in [3.63, 3.8) is 0 Å². The van der Waals surface area contributed by atoms with Gasteiger partial charge in [0, 0.05) is 6.08 Å². The van der Waals surface area contributed by atoms with Gasteiger partial charge in [-0.3, -0.25) is 0 Å².